The van der Waals surface area contributed by atoms with Gasteiger partial charge in [-0.3, -0.25) is 0 Å². The number of nitrogens with one attached hydrogen (secondary N) is 1. The topological polar surface area (TPSA) is 44.7 Å². The van der Waals surface area contributed by atoms with Gasteiger partial charge in [-0.1, -0.05) is 37.7 Å². The van der Waals surface area contributed by atoms with E-state index in [1.807, 2.05) is 13.8 Å². The predicted molar refractivity (Wildman–Crippen MR) is 96.2 cm³/mol. The molecule has 0 radical (unpaired) electrons. The number of benzene rings is 1. The molecule has 0 atom stereocenters. The van der Waals surface area contributed by atoms with E-state index in [2.05, 4.69) is 54.2 Å². The fourth-order valence-corrected chi connectivity index (χ4v) is 3.41. The van der Waals surface area contributed by atoms with Crippen LogP contribution in [0.3, 0.4) is 0 Å². The van der Waals surface area contributed by atoms with Crippen LogP contribution in [0.25, 0.3) is 0 Å². The molecular formula is C17H25N3OS. The number of aliphatic imine (C=N–C) groups is 1. The van der Waals surface area contributed by atoms with E-state index >= 15 is 0 Å². The number of aryl methyl sites for hydroxylation is 1. The van der Waals surface area contributed by atoms with E-state index in [9.17, 15) is 4.79 Å². The van der Waals surface area contributed by atoms with Gasteiger partial charge in [-0.05, 0) is 43.9 Å². The average Bonchev–Trinajstić information content (AvgIpc) is 2.84. The number of urea groups is 1. The van der Waals surface area contributed by atoms with Crippen molar-refractivity contribution in [3.63, 3.8) is 0 Å². The summed E-state index contributed by atoms with van der Waals surface area (Å²) in [7, 11) is 0. The quantitative estimate of drug-likeness (QED) is 0.910. The van der Waals surface area contributed by atoms with Crippen LogP contribution in [0.5, 0.6) is 0 Å². The normalized spacial score (nSPS) is 16.9. The Labute approximate surface area is 137 Å². The zero-order valence-electron chi connectivity index (χ0n) is 14.0. The number of amidine groups is 1. The van der Waals surface area contributed by atoms with Gasteiger partial charge in [-0.2, -0.15) is 4.99 Å². The molecule has 0 bridgehead atoms. The first-order chi connectivity index (χ1) is 10.4. The summed E-state index contributed by atoms with van der Waals surface area (Å²) in [5, 5.41) is 3.62. The highest BCUT2D eigenvalue weighted by Gasteiger charge is 2.25. The van der Waals surface area contributed by atoms with Crippen LogP contribution < -0.4 is 10.2 Å². The molecule has 1 fully saturated rings. The fraction of sp³-hybridized carbons (Fsp3) is 0.529. The standard InChI is InChI=1S/C17H25N3OS/c1-11(2)14-7-6-13(5)10-15(14)20-8-9-22-17(20)19-16(21)18-12(3)4/h6-7,10-12H,8-9H2,1-5H3,(H,18,21)/b19-17-. The Morgan fingerprint density at radius 3 is 2.68 bits per heavy atom. The molecule has 1 saturated heterocycles. The summed E-state index contributed by atoms with van der Waals surface area (Å²) in [6, 6.07) is 6.36. The van der Waals surface area contributed by atoms with Crippen molar-refractivity contribution in [2.45, 2.75) is 46.6 Å². The van der Waals surface area contributed by atoms with Crippen LogP contribution in [-0.4, -0.2) is 29.5 Å². The maximum absolute atomic E-state index is 11.9. The summed E-state index contributed by atoms with van der Waals surface area (Å²) in [6.45, 7) is 11.3. The highest BCUT2D eigenvalue weighted by Crippen LogP contribution is 2.33. The first-order valence-corrected chi connectivity index (χ1v) is 8.77. The lowest BCUT2D eigenvalue weighted by molar-refractivity contribution is 0.247. The van der Waals surface area contributed by atoms with Crippen molar-refractivity contribution in [3.8, 4) is 0 Å². The summed E-state index contributed by atoms with van der Waals surface area (Å²) >= 11 is 1.64. The van der Waals surface area contributed by atoms with Crippen LogP contribution in [0.1, 0.15) is 44.7 Å². The van der Waals surface area contributed by atoms with Crippen molar-refractivity contribution < 1.29 is 4.79 Å². The molecule has 0 unspecified atom stereocenters. The Bertz CT molecular complexity index is 581. The number of carbonyl (C=O) groups is 1. The second-order valence-electron chi connectivity index (χ2n) is 6.22. The summed E-state index contributed by atoms with van der Waals surface area (Å²) < 4.78 is 0. The zero-order valence-corrected chi connectivity index (χ0v) is 14.8. The van der Waals surface area contributed by atoms with Gasteiger partial charge in [0, 0.05) is 24.0 Å². The molecule has 22 heavy (non-hydrogen) atoms. The van der Waals surface area contributed by atoms with Crippen LogP contribution >= 0.6 is 11.8 Å². The monoisotopic (exact) mass is 319 g/mol. The fourth-order valence-electron chi connectivity index (χ4n) is 2.46. The summed E-state index contributed by atoms with van der Waals surface area (Å²) in [6.07, 6.45) is 0. The van der Waals surface area contributed by atoms with Crippen molar-refractivity contribution in [1.29, 1.82) is 0 Å². The van der Waals surface area contributed by atoms with Gasteiger partial charge in [0.15, 0.2) is 5.17 Å². The number of hydrogen-bond acceptors (Lipinski definition) is 2. The van der Waals surface area contributed by atoms with E-state index < -0.39 is 0 Å². The van der Waals surface area contributed by atoms with Gasteiger partial charge in [0.05, 0.1) is 0 Å². The number of amides is 2. The second kappa shape index (κ2) is 7.18. The second-order valence-corrected chi connectivity index (χ2v) is 7.28. The Kier molecular flexibility index (Phi) is 5.51. The maximum Gasteiger partial charge on any atom is 0.343 e. The van der Waals surface area contributed by atoms with E-state index in [1.165, 1.54) is 16.8 Å². The van der Waals surface area contributed by atoms with Crippen LogP contribution in [0.4, 0.5) is 10.5 Å². The van der Waals surface area contributed by atoms with Crippen LogP contribution in [0, 0.1) is 6.92 Å². The summed E-state index contributed by atoms with van der Waals surface area (Å²) in [5.74, 6) is 1.39. The minimum atomic E-state index is -0.261. The number of nitrogens with zero attached hydrogens (tertiary/aromatic N) is 2. The Morgan fingerprint density at radius 2 is 2.05 bits per heavy atom. The van der Waals surface area contributed by atoms with Crippen molar-refractivity contribution in [3.05, 3.63) is 29.3 Å². The van der Waals surface area contributed by atoms with Crippen molar-refractivity contribution in [1.82, 2.24) is 5.32 Å². The molecular weight excluding hydrogens is 294 g/mol. The minimum absolute atomic E-state index is 0.0990. The van der Waals surface area contributed by atoms with Crippen LogP contribution in [0.2, 0.25) is 0 Å². The van der Waals surface area contributed by atoms with Crippen molar-refractivity contribution >= 4 is 28.6 Å². The molecule has 1 aromatic carbocycles. The van der Waals surface area contributed by atoms with E-state index in [0.717, 1.165) is 17.5 Å². The molecule has 2 amide bonds. The molecule has 120 valence electrons. The number of rotatable bonds is 3. The Morgan fingerprint density at radius 1 is 1.32 bits per heavy atom. The van der Waals surface area contributed by atoms with E-state index in [-0.39, 0.29) is 12.1 Å². The van der Waals surface area contributed by atoms with E-state index in [4.69, 9.17) is 0 Å². The van der Waals surface area contributed by atoms with Crippen molar-refractivity contribution in [2.24, 2.45) is 4.99 Å². The summed E-state index contributed by atoms with van der Waals surface area (Å²) in [5.41, 5.74) is 3.70. The molecule has 0 saturated carbocycles. The lowest BCUT2D eigenvalue weighted by Gasteiger charge is -2.23. The van der Waals surface area contributed by atoms with Crippen LogP contribution in [-0.2, 0) is 0 Å². The van der Waals surface area contributed by atoms with Gasteiger partial charge in [0.2, 0.25) is 0 Å². The largest absolute Gasteiger partial charge is 0.343 e. The minimum Gasteiger partial charge on any atom is -0.334 e. The first kappa shape index (κ1) is 16.9. The highest BCUT2D eigenvalue weighted by molar-refractivity contribution is 8.14. The average molecular weight is 319 g/mol. The molecule has 0 spiro atoms. The smallest absolute Gasteiger partial charge is 0.334 e. The highest BCUT2D eigenvalue weighted by atomic mass is 32.2. The van der Waals surface area contributed by atoms with Gasteiger partial charge < -0.3 is 10.2 Å². The summed E-state index contributed by atoms with van der Waals surface area (Å²) in [4.78, 5) is 18.4. The van der Waals surface area contributed by atoms with Gasteiger partial charge in [0.1, 0.15) is 0 Å². The predicted octanol–water partition coefficient (Wildman–Crippen LogP) is 4.15. The Hall–Kier alpha value is -1.49. The number of anilines is 1. The first-order valence-electron chi connectivity index (χ1n) is 7.78. The van der Waals surface area contributed by atoms with E-state index in [1.54, 1.807) is 11.8 Å². The molecule has 1 N–H and O–H groups in total. The number of thioether (sulfide) groups is 1. The number of carbonyl (C=O) groups excluding carboxylic acids is 1. The third-order valence-electron chi connectivity index (χ3n) is 3.49. The molecule has 2 rings (SSSR count). The zero-order chi connectivity index (χ0) is 16.3. The molecule has 0 aliphatic carbocycles. The number of hydrogen-bond donors (Lipinski definition) is 1. The van der Waals surface area contributed by atoms with E-state index in [0.29, 0.717) is 5.92 Å². The molecule has 0 aromatic heterocycles. The Balaban J connectivity index is 2.33. The van der Waals surface area contributed by atoms with Crippen LogP contribution in [0.15, 0.2) is 23.2 Å². The third-order valence-corrected chi connectivity index (χ3v) is 4.44. The molecule has 1 aliphatic heterocycles. The van der Waals surface area contributed by atoms with Gasteiger partial charge >= 0.3 is 6.03 Å². The lowest BCUT2D eigenvalue weighted by Crippen LogP contribution is -2.31. The molecule has 4 nitrogen and oxygen atoms in total. The third kappa shape index (κ3) is 4.03. The van der Waals surface area contributed by atoms with Gasteiger partial charge in [-0.25, -0.2) is 4.79 Å². The SMILES string of the molecule is Cc1ccc(C(C)C)c(N2CCS/C2=N\C(=O)NC(C)C)c1. The lowest BCUT2D eigenvalue weighted by atomic mass is 9.99. The molecule has 5 heteroatoms. The van der Waals surface area contributed by atoms with Crippen molar-refractivity contribution in [2.75, 3.05) is 17.2 Å². The van der Waals surface area contributed by atoms with Gasteiger partial charge in [-0.15, -0.1) is 0 Å². The van der Waals surface area contributed by atoms with Gasteiger partial charge in [0.25, 0.3) is 0 Å². The maximum atomic E-state index is 11.9. The molecule has 1 aromatic rings. The molecule has 1 aliphatic rings. The molecule has 1 heterocycles.